The number of hydrogen-bond acceptors (Lipinski definition) is 0. The van der Waals surface area contributed by atoms with Gasteiger partial charge in [-0.3, -0.25) is 0 Å². The summed E-state index contributed by atoms with van der Waals surface area (Å²) in [7, 11) is 0. The Morgan fingerprint density at radius 2 is 0.0541 bits per heavy atom. The smallest absolute Gasteiger partial charge is 0 e. The van der Waals surface area contributed by atoms with Crippen LogP contribution in [0.2, 0.25) is 0 Å². The number of rotatable bonds is 0. The maximum absolute atomic E-state index is 0. The second-order valence-electron chi connectivity index (χ2n) is 0. The Morgan fingerprint density at radius 3 is 0.0541 bits per heavy atom. The summed E-state index contributed by atoms with van der Waals surface area (Å²) in [6, 6.07) is 0. The quantitative estimate of drug-likeness (QED) is 0.213. The highest BCUT2D eigenvalue weighted by Crippen LogP contribution is 0.156. The fourth-order valence-corrected chi connectivity index (χ4v) is 0. The zero-order valence-corrected chi connectivity index (χ0v) is 36.4. The van der Waals surface area contributed by atoms with Crippen LogP contribution in [-0.4, -0.2) is 530 Å². The molecule has 0 rings (SSSR count). The summed E-state index contributed by atoms with van der Waals surface area (Å²) in [4.78, 5) is 0. The van der Waals surface area contributed by atoms with E-state index in [1.54, 1.807) is 0 Å². The summed E-state index contributed by atoms with van der Waals surface area (Å²) in [6.07, 6.45) is 0. The van der Waals surface area contributed by atoms with E-state index in [4.69, 9.17) is 0 Å². The van der Waals surface area contributed by atoms with Crippen LogP contribution in [0, 0.1) is 0 Å². The molecule has 367 valence electrons. The summed E-state index contributed by atoms with van der Waals surface area (Å²) in [5.41, 5.74) is 0. The summed E-state index contributed by atoms with van der Waals surface area (Å²) in [5, 5.41) is 0. The Bertz CT molecular complexity index is 159. The minimum atomic E-state index is 0. The van der Waals surface area contributed by atoms with Gasteiger partial charge in [-0.25, -0.2) is 0 Å². The molecule has 0 atom stereocenters. The van der Waals surface area contributed by atoms with Crippen LogP contribution < -0.4 is 0 Å². The summed E-state index contributed by atoms with van der Waals surface area (Å²) < 4.78 is 0. The van der Waals surface area contributed by atoms with Gasteiger partial charge in [-0.15, -0.1) is 0 Å². The van der Waals surface area contributed by atoms with Crippen molar-refractivity contribution in [3.05, 3.63) is 0 Å². The van der Waals surface area contributed by atoms with E-state index in [9.17, 15) is 0 Å². The molecule has 63 heteroatoms. The summed E-state index contributed by atoms with van der Waals surface area (Å²) >= 11 is 0. The van der Waals surface area contributed by atoms with Gasteiger partial charge in [-0.05, 0) is 0 Å². The van der Waals surface area contributed by atoms with E-state index in [0.717, 1.165) is 0 Å². The molecule has 0 aromatic carbocycles. The Labute approximate surface area is 674 Å². The summed E-state index contributed by atoms with van der Waals surface area (Å²) in [5.74, 6) is 0. The molecule has 0 heterocycles. The van der Waals surface area contributed by atoms with Crippen molar-refractivity contribution in [3.8, 4) is 0 Å². The van der Waals surface area contributed by atoms with Gasteiger partial charge in [-0.2, -0.15) is 0 Å². The van der Waals surface area contributed by atoms with Gasteiger partial charge >= 0.3 is 0 Å². The van der Waals surface area contributed by atoms with Crippen LogP contribution >= 0.6 is 0 Å². The van der Waals surface area contributed by atoms with Crippen LogP contribution in [0.5, 0.6) is 0 Å². The first-order valence-corrected chi connectivity index (χ1v) is 0. The third-order valence-corrected chi connectivity index (χ3v) is 0. The maximum atomic E-state index is 0. The molecule has 0 aliphatic carbocycles. The Kier molecular flexibility index (Phi) is 9990000. The first-order valence-electron chi connectivity index (χ1n) is 0. The highest BCUT2D eigenvalue weighted by atomic mass is 12.0. The molecule has 0 bridgehead atoms. The van der Waals surface area contributed by atoms with Gasteiger partial charge < -0.3 is 0 Å². The molecule has 0 fully saturated rings. The second kappa shape index (κ2) is 26700. The van der Waals surface area contributed by atoms with Crippen LogP contribution in [0.25, 0.3) is 0 Å². The lowest BCUT2D eigenvalue weighted by molar-refractivity contribution is 2.50. The molecule has 0 spiro atoms. The molecule has 0 unspecified atom stereocenters. The molecule has 0 amide bonds. The Hall–Kier alpha value is 4.09. The second-order valence-corrected chi connectivity index (χ2v) is 0. The van der Waals surface area contributed by atoms with E-state index in [1.165, 1.54) is 0 Å². The van der Waals surface area contributed by atoms with Crippen molar-refractivity contribution in [1.82, 2.24) is 0 Å². The molecule has 0 saturated carbocycles. The fourth-order valence-electron chi connectivity index (χ4n) is 0. The predicted octanol–water partition coefficient (Wildman–Crippen LogP) is -5.92. The number of hydrogen-bond donors (Lipinski definition) is 0. The van der Waals surface area contributed by atoms with Crippen LogP contribution in [0.3, 0.4) is 0 Å². The molecule has 0 aromatic heterocycles. The molecule has 0 aliphatic rings. The van der Waals surface area contributed by atoms with Crippen molar-refractivity contribution in [2.75, 3.05) is 0 Å². The molecule has 0 nitrogen and oxygen atoms in total. The minimum absolute atomic E-state index is 0. The zero-order chi connectivity index (χ0) is 0. The lowest BCUT2D eigenvalue weighted by Crippen LogP contribution is -0.382. The summed E-state index contributed by atoms with van der Waals surface area (Å²) in [6.45, 7) is 0. The van der Waals surface area contributed by atoms with Crippen molar-refractivity contribution in [2.45, 2.75) is 81.7 Å². The standard InChI is InChI=1S/11CH4.63B.45H2/h11*1H4;;;;;;;;;;;;;;;;;;;;;;;;;;;;;;;;;;;;;;;;;;;;;;;;;;;;;;;;;;;;;;;;45*1H/i;;;;;;;;;;;;;;;;;;;;;;;;;;;;;;;;;;;;;;;;;;;;;;;;;;;;;;;;;;;;;;;;;;;;;;;;;;33*1+1;;;;;;;;;;;;. The molecule has 189 radical (unpaired) electrons. The van der Waals surface area contributed by atoms with E-state index in [-0.39, 0.29) is 676 Å². The van der Waals surface area contributed by atoms with Crippen LogP contribution in [-0.2, 0) is 0 Å². The highest BCUT2D eigenvalue weighted by molar-refractivity contribution is 5.82. The van der Waals surface area contributed by atoms with E-state index in [1.807, 2.05) is 0 Å². The highest BCUT2D eigenvalue weighted by Gasteiger charge is 0.0671. The fraction of sp³-hybridized carbons (Fsp3) is 1.00. The van der Waals surface area contributed by atoms with Gasteiger partial charge in [0.1, 0.15) is 0 Å². The van der Waals surface area contributed by atoms with E-state index in [2.05, 4.69) is 0 Å². The minimum Gasteiger partial charge on any atom is -0.0776 e. The lowest BCUT2D eigenvalue weighted by Gasteiger charge is -0.0786. The largest absolute Gasteiger partial charge is 0.0776 e. The SMILES string of the molecule is C.C.C.C.C.C.C.C.C.C.C.[2HH].[2HH].[2HH].[2HH].[2HH].[2HH].[2HH].[2HH].[2HH].[2HH].[2HH].[2HH].[2HH].[2HH].[2HH].[2HH].[2HH].[2HH].[2HH].[2HH].[2HH].[2HH].[2HH].[2HH].[2HH].[2HH].[2HH].[2HH].[2HH].[2HH].[2HH].[2HH].[2HH].[B].[B].[B].[B].[B].[B].[B].[B].[B].[B].[B].[B].[B].[B].[B].[B].[B].[B].[B].[B].[B].[B].[B].[B].[B].[B].[B].[B].[B].[B].[B].[B].[B].[B].[B].[B].[B].[B].[B].[B].[B].[B].[B].[B].[B].[B].[B].[B].[B].[B].[B].[B].[B].[B].[B].[B].[B].[B].[B].[B].[B].[B].[B].[HH].[HH].[HH].[HH].[HH].[HH].[HH].[HH].[HH].[HH].[HH].[HH]. The van der Waals surface area contributed by atoms with Gasteiger partial charge in [0.2, 0.25) is 0 Å². The maximum Gasteiger partial charge on any atom is 0 e. The van der Waals surface area contributed by atoms with Gasteiger partial charge in [0.15, 0.2) is 0 Å². The zero-order valence-electron chi connectivity index (χ0n) is 36.4. The van der Waals surface area contributed by atoms with Crippen molar-refractivity contribution < 1.29 is 64.2 Å². The third kappa shape index (κ3) is 25600. The third-order valence-electron chi connectivity index (χ3n) is 0. The van der Waals surface area contributed by atoms with E-state index < -0.39 is 0 Å². The Morgan fingerprint density at radius 1 is 0.0541 bits per heavy atom. The Balaban J connectivity index is 0. The van der Waals surface area contributed by atoms with Crippen molar-refractivity contribution in [2.24, 2.45) is 0 Å². The van der Waals surface area contributed by atoms with E-state index in [0.29, 0.717) is 0 Å². The van der Waals surface area contributed by atoms with Gasteiger partial charge in [0, 0.05) is 594 Å². The van der Waals surface area contributed by atoms with Gasteiger partial charge in [0.05, 0.1) is 0 Å². The molecule has 0 aromatic rings. The van der Waals surface area contributed by atoms with Crippen molar-refractivity contribution in [1.29, 1.82) is 0 Å². The van der Waals surface area contributed by atoms with Crippen LogP contribution in [0.15, 0.2) is 0 Å². The van der Waals surface area contributed by atoms with E-state index >= 15 is 0 Å². The monoisotopic (exact) mass is 994 g/mol. The average molecular weight is 982 g/mol. The average Bonchev–Trinajstić information content (AvgIpc) is 0. The first-order chi connectivity index (χ1) is 0. The molecular formula is C11H134B63. The molecular weight excluding hydrogens is 813 g/mol. The normalized spacial score (nSPS) is 0. The van der Waals surface area contributed by atoms with Crippen molar-refractivity contribution in [3.63, 3.8) is 0 Å². The molecule has 0 N–H and O–H groups in total. The first kappa shape index (κ1) is 27700. The van der Waals surface area contributed by atoms with Crippen LogP contribution in [0.4, 0.5) is 0 Å². The lowest BCUT2D eigenvalue weighted by atomic mass is 10.8. The van der Waals surface area contributed by atoms with Crippen LogP contribution in [0.1, 0.15) is 146 Å². The predicted molar refractivity (Wildman–Crippen MR) is 532 cm³/mol. The molecule has 0 saturated heterocycles. The molecule has 74 heavy (non-hydrogen) atoms. The topological polar surface area (TPSA) is 0 Å². The van der Waals surface area contributed by atoms with Crippen molar-refractivity contribution >= 4 is 530 Å². The van der Waals surface area contributed by atoms with Gasteiger partial charge in [-0.1, -0.05) is 81.7 Å². The van der Waals surface area contributed by atoms with Gasteiger partial charge in [0.25, 0.3) is 0 Å². The molecule has 0 aliphatic heterocycles.